The molecule has 36 heavy (non-hydrogen) atoms. The molecule has 0 spiro atoms. The molecule has 2 heterocycles. The summed E-state index contributed by atoms with van der Waals surface area (Å²) in [7, 11) is 2.97. The average molecular weight is 507 g/mol. The number of epoxide rings is 1. The first-order valence-corrected chi connectivity index (χ1v) is 12.0. The van der Waals surface area contributed by atoms with Gasteiger partial charge in [0.05, 0.1) is 20.8 Å². The molecule has 0 bridgehead atoms. The van der Waals surface area contributed by atoms with E-state index in [-0.39, 0.29) is 11.5 Å². The molecule has 0 radical (unpaired) electrons. The summed E-state index contributed by atoms with van der Waals surface area (Å²) in [6.45, 7) is 1.68. The van der Waals surface area contributed by atoms with Crippen molar-refractivity contribution in [3.8, 4) is 23.0 Å². The summed E-state index contributed by atoms with van der Waals surface area (Å²) in [4.78, 5) is 0. The number of aryl methyl sites for hydroxylation is 1. The molecule has 7 atom stereocenters. The first kappa shape index (κ1) is 26.5. The van der Waals surface area contributed by atoms with Gasteiger partial charge in [-0.05, 0) is 48.2 Å². The van der Waals surface area contributed by atoms with Gasteiger partial charge in [-0.3, -0.25) is 0 Å². The number of rotatable bonds is 12. The zero-order valence-electron chi connectivity index (χ0n) is 20.6. The van der Waals surface area contributed by atoms with Crippen LogP contribution in [0.4, 0.5) is 0 Å². The molecular weight excluding hydrogens is 472 g/mol. The first-order chi connectivity index (χ1) is 17.4. The Labute approximate surface area is 209 Å². The van der Waals surface area contributed by atoms with Crippen LogP contribution in [0.5, 0.6) is 23.0 Å². The lowest BCUT2D eigenvalue weighted by Crippen LogP contribution is -2.50. The fourth-order valence-corrected chi connectivity index (χ4v) is 4.14. The van der Waals surface area contributed by atoms with Gasteiger partial charge < -0.3 is 48.8 Å². The lowest BCUT2D eigenvalue weighted by atomic mass is 10.0. The minimum atomic E-state index is -1.31. The molecule has 2 saturated heterocycles. The number of methoxy groups -OCH3 is 2. The van der Waals surface area contributed by atoms with Gasteiger partial charge in [0, 0.05) is 0 Å². The van der Waals surface area contributed by atoms with Crippen molar-refractivity contribution in [3.63, 3.8) is 0 Å². The number of benzene rings is 2. The number of fused-ring (bicyclic) bond motifs is 1. The molecule has 0 aromatic heterocycles. The second-order valence-electron chi connectivity index (χ2n) is 8.86. The highest BCUT2D eigenvalue weighted by Gasteiger charge is 2.57. The number of hydrogen-bond donors (Lipinski definition) is 4. The summed E-state index contributed by atoms with van der Waals surface area (Å²) < 4.78 is 33.1. The maximum Gasteiger partial charge on any atom is 0.231 e. The average Bonchev–Trinajstić information content (AvgIpc) is 3.68. The summed E-state index contributed by atoms with van der Waals surface area (Å²) >= 11 is 0. The van der Waals surface area contributed by atoms with Gasteiger partial charge in [0.2, 0.25) is 6.29 Å². The van der Waals surface area contributed by atoms with Crippen LogP contribution in [0.2, 0.25) is 0 Å². The van der Waals surface area contributed by atoms with Crippen LogP contribution >= 0.6 is 0 Å². The third-order valence-corrected chi connectivity index (χ3v) is 6.35. The van der Waals surface area contributed by atoms with Gasteiger partial charge in [0.1, 0.15) is 24.4 Å². The fourth-order valence-electron chi connectivity index (χ4n) is 4.14. The van der Waals surface area contributed by atoms with Crippen LogP contribution in [0.3, 0.4) is 0 Å². The van der Waals surface area contributed by atoms with E-state index >= 15 is 0 Å². The maximum atomic E-state index is 11.0. The lowest BCUT2D eigenvalue weighted by molar-refractivity contribution is -0.207. The lowest BCUT2D eigenvalue weighted by Gasteiger charge is -2.30. The molecule has 10 heteroatoms. The fraction of sp³-hybridized carbons (Fsp3) is 0.538. The summed E-state index contributed by atoms with van der Waals surface area (Å²) in [5, 5.41) is 41.2. The van der Waals surface area contributed by atoms with Crippen molar-refractivity contribution in [2.75, 3.05) is 20.8 Å². The Morgan fingerprint density at radius 1 is 0.917 bits per heavy atom. The molecule has 2 aliphatic rings. The largest absolute Gasteiger partial charge is 0.493 e. The highest BCUT2D eigenvalue weighted by Crippen LogP contribution is 2.39. The number of aliphatic hydroxyl groups excluding tert-OH is 4. The van der Waals surface area contributed by atoms with Gasteiger partial charge in [0.15, 0.2) is 35.4 Å². The monoisotopic (exact) mass is 506 g/mol. The molecule has 4 rings (SSSR count). The zero-order valence-corrected chi connectivity index (χ0v) is 20.6. The minimum absolute atomic E-state index is 0.231. The molecule has 0 amide bonds. The Morgan fingerprint density at radius 3 is 2.33 bits per heavy atom. The van der Waals surface area contributed by atoms with Crippen LogP contribution in [0.15, 0.2) is 36.4 Å². The Morgan fingerprint density at radius 2 is 1.64 bits per heavy atom. The predicted molar refractivity (Wildman–Crippen MR) is 127 cm³/mol. The number of hydrogen-bond acceptors (Lipinski definition) is 10. The standard InChI is InChI=1S/C26H34O10/c1-4-5-6-14-7-9-16(18(11-14)31-2)33-20(13-27)21(28)15-8-10-17(19(12-15)32-3)34-25-23(30)22(29)24-26(35-24)36-25/h7-12,20-30H,4-6,13H2,1-3H3. The smallest absolute Gasteiger partial charge is 0.231 e. The molecule has 7 unspecified atom stereocenters. The van der Waals surface area contributed by atoms with Crippen molar-refractivity contribution in [3.05, 3.63) is 47.5 Å². The molecule has 2 aromatic rings. The SMILES string of the molecule is CCCCc1ccc(OC(CO)C(O)c2ccc(OC3OC4OC4C(O)C3O)c(OC)c2)c(OC)c1. The van der Waals surface area contributed by atoms with Gasteiger partial charge in [-0.25, -0.2) is 0 Å². The Hall–Kier alpha value is -2.60. The Bertz CT molecular complexity index is 1010. The molecule has 0 saturated carbocycles. The third kappa shape index (κ3) is 5.69. The first-order valence-electron chi connectivity index (χ1n) is 12.0. The van der Waals surface area contributed by atoms with Crippen LogP contribution in [0.25, 0.3) is 0 Å². The van der Waals surface area contributed by atoms with E-state index in [2.05, 4.69) is 6.92 Å². The van der Waals surface area contributed by atoms with Crippen LogP contribution in [0, 0.1) is 0 Å². The van der Waals surface area contributed by atoms with E-state index in [0.29, 0.717) is 17.1 Å². The predicted octanol–water partition coefficient (Wildman–Crippen LogP) is 1.70. The topological polar surface area (TPSA) is 140 Å². The molecule has 2 aliphatic heterocycles. The van der Waals surface area contributed by atoms with Crippen molar-refractivity contribution >= 4 is 0 Å². The molecule has 0 aliphatic carbocycles. The molecular formula is C26H34O10. The van der Waals surface area contributed by atoms with Crippen LogP contribution in [-0.2, 0) is 15.9 Å². The van der Waals surface area contributed by atoms with Crippen LogP contribution in [-0.4, -0.2) is 78.2 Å². The van der Waals surface area contributed by atoms with Gasteiger partial charge >= 0.3 is 0 Å². The van der Waals surface area contributed by atoms with Gasteiger partial charge in [-0.1, -0.05) is 25.5 Å². The molecule has 2 aromatic carbocycles. The number of unbranched alkanes of at least 4 members (excludes halogenated alkanes) is 1. The van der Waals surface area contributed by atoms with E-state index < -0.39 is 49.7 Å². The molecule has 4 N–H and O–H groups in total. The summed E-state index contributed by atoms with van der Waals surface area (Å²) in [6.07, 6.45) is -3.90. The van der Waals surface area contributed by atoms with E-state index in [9.17, 15) is 20.4 Å². The summed E-state index contributed by atoms with van der Waals surface area (Å²) in [5.74, 6) is 1.41. The number of ether oxygens (including phenoxy) is 6. The normalized spacial score (nSPS) is 26.5. The second kappa shape index (κ2) is 11.6. The summed E-state index contributed by atoms with van der Waals surface area (Å²) in [5.41, 5.74) is 1.53. The van der Waals surface area contributed by atoms with E-state index in [0.717, 1.165) is 24.8 Å². The molecule has 10 nitrogen and oxygen atoms in total. The molecule has 198 valence electrons. The maximum absolute atomic E-state index is 11.0. The Kier molecular flexibility index (Phi) is 8.55. The van der Waals surface area contributed by atoms with Crippen molar-refractivity contribution in [1.82, 2.24) is 0 Å². The summed E-state index contributed by atoms with van der Waals surface area (Å²) in [6, 6.07) is 10.3. The van der Waals surface area contributed by atoms with Crippen molar-refractivity contribution < 1.29 is 48.8 Å². The second-order valence-corrected chi connectivity index (χ2v) is 8.86. The highest BCUT2D eigenvalue weighted by molar-refractivity contribution is 5.45. The van der Waals surface area contributed by atoms with Crippen LogP contribution in [0.1, 0.15) is 37.0 Å². The van der Waals surface area contributed by atoms with E-state index in [1.807, 2.05) is 12.1 Å². The van der Waals surface area contributed by atoms with E-state index in [1.54, 1.807) is 25.3 Å². The van der Waals surface area contributed by atoms with Crippen molar-refractivity contribution in [2.24, 2.45) is 0 Å². The number of aliphatic hydroxyl groups is 4. The quantitative estimate of drug-likeness (QED) is 0.315. The van der Waals surface area contributed by atoms with Gasteiger partial charge in [-0.15, -0.1) is 0 Å². The van der Waals surface area contributed by atoms with Gasteiger partial charge in [0.25, 0.3) is 0 Å². The third-order valence-electron chi connectivity index (χ3n) is 6.35. The van der Waals surface area contributed by atoms with E-state index in [4.69, 9.17) is 28.4 Å². The minimum Gasteiger partial charge on any atom is -0.493 e. The molecule has 2 fully saturated rings. The van der Waals surface area contributed by atoms with Crippen molar-refractivity contribution in [1.29, 1.82) is 0 Å². The van der Waals surface area contributed by atoms with E-state index in [1.165, 1.54) is 13.2 Å². The Balaban J connectivity index is 1.47. The van der Waals surface area contributed by atoms with Crippen LogP contribution < -0.4 is 18.9 Å². The van der Waals surface area contributed by atoms with Gasteiger partial charge in [-0.2, -0.15) is 0 Å². The highest BCUT2D eigenvalue weighted by atomic mass is 16.8. The van der Waals surface area contributed by atoms with Crippen molar-refractivity contribution in [2.45, 2.75) is 69.3 Å². The zero-order chi connectivity index (χ0) is 25.8.